The molecule has 0 unspecified atom stereocenters. The molecule has 32 heavy (non-hydrogen) atoms. The van der Waals surface area contributed by atoms with Crippen LogP contribution in [0.15, 0.2) is 46.1 Å². The van der Waals surface area contributed by atoms with Gasteiger partial charge in [0.25, 0.3) is 5.69 Å². The van der Waals surface area contributed by atoms with Crippen LogP contribution in [-0.2, 0) is 11.2 Å². The van der Waals surface area contributed by atoms with Gasteiger partial charge in [-0.25, -0.2) is 0 Å². The first-order chi connectivity index (χ1) is 15.6. The molecule has 0 aliphatic carbocycles. The summed E-state index contributed by atoms with van der Waals surface area (Å²) < 4.78 is 0.760. The third-order valence-electron chi connectivity index (χ3n) is 5.00. The molecule has 1 aliphatic rings. The number of thioether (sulfide) groups is 1. The zero-order valence-electron chi connectivity index (χ0n) is 17.2. The van der Waals surface area contributed by atoms with Crippen LogP contribution in [0, 0.1) is 10.1 Å². The molecule has 0 radical (unpaired) electrons. The smallest absolute Gasteiger partial charge is 0.292 e. The molecular formula is C20H22N6O3S3. The zero-order valence-corrected chi connectivity index (χ0v) is 19.6. The Bertz CT molecular complexity index is 1050. The summed E-state index contributed by atoms with van der Waals surface area (Å²) in [5, 5.41) is 25.7. The van der Waals surface area contributed by atoms with Crippen molar-refractivity contribution < 1.29 is 9.72 Å². The molecule has 0 atom stereocenters. The molecule has 1 fully saturated rings. The molecule has 9 nitrogen and oxygen atoms in total. The van der Waals surface area contributed by atoms with E-state index in [1.807, 2.05) is 11.0 Å². The Morgan fingerprint density at radius 3 is 2.72 bits per heavy atom. The molecule has 12 heteroatoms. The van der Waals surface area contributed by atoms with E-state index in [0.717, 1.165) is 22.4 Å². The summed E-state index contributed by atoms with van der Waals surface area (Å²) in [7, 11) is 0. The van der Waals surface area contributed by atoms with Crippen LogP contribution in [0.1, 0.15) is 4.88 Å². The average molecular weight is 491 g/mol. The molecule has 3 aromatic rings. The standard InChI is InChI=1S/C20H22N6O3S3/c27-18(14-31-20-23-22-19(32-20)21-8-7-15-4-3-13-30-15)25-11-9-24(10-12-25)16-5-1-2-6-17(16)26(28)29/h1-6,13H,7-12,14H2,(H,21,22). The van der Waals surface area contributed by atoms with Gasteiger partial charge in [0.2, 0.25) is 11.0 Å². The highest BCUT2D eigenvalue weighted by atomic mass is 32.2. The Morgan fingerprint density at radius 1 is 1.16 bits per heavy atom. The fourth-order valence-corrected chi connectivity index (χ4v) is 5.77. The lowest BCUT2D eigenvalue weighted by atomic mass is 10.2. The van der Waals surface area contributed by atoms with Gasteiger partial charge in [0.05, 0.1) is 10.7 Å². The van der Waals surface area contributed by atoms with E-state index < -0.39 is 0 Å². The number of nitro benzene ring substituents is 1. The SMILES string of the molecule is O=C(CSc1nnc(NCCc2cccs2)s1)N1CCN(c2ccccc2[N+](=O)[O-])CC1. The highest BCUT2D eigenvalue weighted by Gasteiger charge is 2.25. The van der Waals surface area contributed by atoms with Crippen molar-refractivity contribution >= 4 is 56.8 Å². The average Bonchev–Trinajstić information content (AvgIpc) is 3.50. The normalized spacial score (nSPS) is 13.9. The van der Waals surface area contributed by atoms with Gasteiger partial charge >= 0.3 is 0 Å². The van der Waals surface area contributed by atoms with E-state index in [0.29, 0.717) is 37.6 Å². The second kappa shape index (κ2) is 10.7. The first-order valence-electron chi connectivity index (χ1n) is 10.1. The van der Waals surface area contributed by atoms with Crippen molar-refractivity contribution in [1.82, 2.24) is 15.1 Å². The maximum Gasteiger partial charge on any atom is 0.292 e. The number of para-hydroxylation sites is 2. The minimum absolute atomic E-state index is 0.0413. The molecule has 4 rings (SSSR count). The van der Waals surface area contributed by atoms with Crippen LogP contribution >= 0.6 is 34.4 Å². The Labute approximate surface area is 197 Å². The van der Waals surface area contributed by atoms with Crippen molar-refractivity contribution in [2.24, 2.45) is 0 Å². The van der Waals surface area contributed by atoms with Crippen LogP contribution in [0.5, 0.6) is 0 Å². The highest BCUT2D eigenvalue weighted by molar-refractivity contribution is 8.01. The van der Waals surface area contributed by atoms with Crippen LogP contribution in [0.2, 0.25) is 0 Å². The maximum atomic E-state index is 12.6. The summed E-state index contributed by atoms with van der Waals surface area (Å²) in [4.78, 5) is 28.6. The van der Waals surface area contributed by atoms with Crippen molar-refractivity contribution in [1.29, 1.82) is 0 Å². The number of thiophene rings is 1. The van der Waals surface area contributed by atoms with E-state index in [2.05, 4.69) is 27.0 Å². The van der Waals surface area contributed by atoms with Crippen molar-refractivity contribution in [3.63, 3.8) is 0 Å². The van der Waals surface area contributed by atoms with Gasteiger partial charge in [-0.05, 0) is 23.9 Å². The third-order valence-corrected chi connectivity index (χ3v) is 7.94. The van der Waals surface area contributed by atoms with E-state index in [-0.39, 0.29) is 16.5 Å². The van der Waals surface area contributed by atoms with Gasteiger partial charge in [0, 0.05) is 43.7 Å². The number of nitrogens with zero attached hydrogens (tertiary/aromatic N) is 5. The summed E-state index contributed by atoms with van der Waals surface area (Å²) in [6.07, 6.45) is 0.941. The number of benzene rings is 1. The fraction of sp³-hybridized carbons (Fsp3) is 0.350. The number of carbonyl (C=O) groups is 1. The molecule has 2 aromatic heterocycles. The molecule has 1 saturated heterocycles. The molecule has 0 spiro atoms. The molecule has 168 valence electrons. The number of amides is 1. The van der Waals surface area contributed by atoms with Gasteiger partial charge in [-0.3, -0.25) is 14.9 Å². The molecular weight excluding hydrogens is 468 g/mol. The number of hydrogen-bond donors (Lipinski definition) is 1. The van der Waals surface area contributed by atoms with Crippen LogP contribution in [0.25, 0.3) is 0 Å². The predicted octanol–water partition coefficient (Wildman–Crippen LogP) is 3.60. The van der Waals surface area contributed by atoms with Crippen molar-refractivity contribution in [2.45, 2.75) is 10.8 Å². The lowest BCUT2D eigenvalue weighted by Gasteiger charge is -2.35. The van der Waals surface area contributed by atoms with Crippen LogP contribution < -0.4 is 10.2 Å². The van der Waals surface area contributed by atoms with Gasteiger partial charge < -0.3 is 15.1 Å². The van der Waals surface area contributed by atoms with Crippen LogP contribution in [0.3, 0.4) is 0 Å². The first kappa shape index (κ1) is 22.5. The molecule has 1 aliphatic heterocycles. The molecule has 0 saturated carbocycles. The van der Waals surface area contributed by atoms with Gasteiger partial charge in [0.1, 0.15) is 5.69 Å². The quantitative estimate of drug-likeness (QED) is 0.276. The minimum Gasteiger partial charge on any atom is -0.362 e. The van der Waals surface area contributed by atoms with Crippen LogP contribution in [0.4, 0.5) is 16.5 Å². The fourth-order valence-electron chi connectivity index (χ4n) is 3.38. The Balaban J connectivity index is 1.21. The summed E-state index contributed by atoms with van der Waals surface area (Å²) in [6, 6.07) is 10.9. The largest absolute Gasteiger partial charge is 0.362 e. The van der Waals surface area contributed by atoms with E-state index in [4.69, 9.17) is 0 Å². The summed E-state index contributed by atoms with van der Waals surface area (Å²) in [6.45, 7) is 3.01. The highest BCUT2D eigenvalue weighted by Crippen LogP contribution is 2.29. The van der Waals surface area contributed by atoms with E-state index in [9.17, 15) is 14.9 Å². The number of hydrogen-bond acceptors (Lipinski definition) is 10. The van der Waals surface area contributed by atoms with E-state index >= 15 is 0 Å². The van der Waals surface area contributed by atoms with Crippen molar-refractivity contribution in [2.75, 3.05) is 48.7 Å². The molecule has 1 aromatic carbocycles. The number of aromatic nitrogens is 2. The predicted molar refractivity (Wildman–Crippen MR) is 129 cm³/mol. The molecule has 3 heterocycles. The monoisotopic (exact) mass is 490 g/mol. The lowest BCUT2D eigenvalue weighted by molar-refractivity contribution is -0.384. The van der Waals surface area contributed by atoms with Gasteiger partial charge in [-0.15, -0.1) is 21.5 Å². The second-order valence-corrected chi connectivity index (χ2v) is 10.3. The summed E-state index contributed by atoms with van der Waals surface area (Å²) in [5.41, 5.74) is 0.700. The third kappa shape index (κ3) is 5.75. The zero-order chi connectivity index (χ0) is 22.3. The number of piperazine rings is 1. The summed E-state index contributed by atoms with van der Waals surface area (Å²) in [5.74, 6) is 0.342. The molecule has 1 amide bonds. The lowest BCUT2D eigenvalue weighted by Crippen LogP contribution is -2.49. The van der Waals surface area contributed by atoms with Crippen molar-refractivity contribution in [3.8, 4) is 0 Å². The summed E-state index contributed by atoms with van der Waals surface area (Å²) >= 11 is 4.58. The number of nitrogens with one attached hydrogen (secondary N) is 1. The van der Waals surface area contributed by atoms with Crippen LogP contribution in [-0.4, -0.2) is 64.4 Å². The first-order valence-corrected chi connectivity index (χ1v) is 12.8. The Morgan fingerprint density at radius 2 is 1.97 bits per heavy atom. The van der Waals surface area contributed by atoms with Crippen molar-refractivity contribution in [3.05, 3.63) is 56.8 Å². The second-order valence-electron chi connectivity index (χ2n) is 7.03. The van der Waals surface area contributed by atoms with Gasteiger partial charge in [0.15, 0.2) is 4.34 Å². The molecule has 1 N–H and O–H groups in total. The number of nitro groups is 1. The Hall–Kier alpha value is -2.70. The Kier molecular flexibility index (Phi) is 7.55. The van der Waals surface area contributed by atoms with E-state index in [1.54, 1.807) is 34.4 Å². The number of carbonyl (C=O) groups excluding carboxylic acids is 1. The topological polar surface area (TPSA) is 104 Å². The number of anilines is 2. The number of rotatable bonds is 9. The maximum absolute atomic E-state index is 12.6. The van der Waals surface area contributed by atoms with Gasteiger partial charge in [-0.2, -0.15) is 0 Å². The molecule has 0 bridgehead atoms. The van der Waals surface area contributed by atoms with E-state index in [1.165, 1.54) is 34.0 Å². The van der Waals surface area contributed by atoms with Gasteiger partial charge in [-0.1, -0.05) is 41.3 Å². The minimum atomic E-state index is -0.364.